The van der Waals surface area contributed by atoms with Gasteiger partial charge in [-0.05, 0) is 48.5 Å². The third-order valence-corrected chi connectivity index (χ3v) is 4.14. The largest absolute Gasteiger partial charge is 0.427 e. The van der Waals surface area contributed by atoms with Crippen LogP contribution in [0.15, 0.2) is 53.4 Å². The maximum atomic E-state index is 12.1. The lowest BCUT2D eigenvalue weighted by Crippen LogP contribution is -2.12. The van der Waals surface area contributed by atoms with E-state index < -0.39 is 16.0 Å². The highest BCUT2D eigenvalue weighted by Crippen LogP contribution is 2.20. The van der Waals surface area contributed by atoms with Gasteiger partial charge in [0.25, 0.3) is 10.0 Å². The molecule has 0 unspecified atom stereocenters. The molecule has 2 aromatic rings. The molecule has 5 nitrogen and oxygen atoms in total. The second-order valence-electron chi connectivity index (χ2n) is 4.18. The number of anilines is 1. The van der Waals surface area contributed by atoms with Crippen molar-refractivity contribution < 1.29 is 17.9 Å². The molecule has 0 radical (unpaired) electrons. The second-order valence-corrected chi connectivity index (χ2v) is 6.30. The molecule has 0 heterocycles. The van der Waals surface area contributed by atoms with Gasteiger partial charge in [-0.15, -0.1) is 0 Å². The van der Waals surface area contributed by atoms with Gasteiger partial charge in [0.05, 0.1) is 4.90 Å². The predicted molar refractivity (Wildman–Crippen MR) is 80.0 cm³/mol. The summed E-state index contributed by atoms with van der Waals surface area (Å²) in [6, 6.07) is 11.8. The van der Waals surface area contributed by atoms with Crippen LogP contribution in [0.25, 0.3) is 0 Å². The Morgan fingerprint density at radius 3 is 2.14 bits per heavy atom. The average Bonchev–Trinajstić information content (AvgIpc) is 2.40. The number of benzene rings is 2. The smallest absolute Gasteiger partial charge is 0.308 e. The Bertz CT molecular complexity index is 740. The van der Waals surface area contributed by atoms with E-state index in [1.165, 1.54) is 55.5 Å². The van der Waals surface area contributed by atoms with Gasteiger partial charge in [0.15, 0.2) is 0 Å². The first-order valence-electron chi connectivity index (χ1n) is 5.94. The van der Waals surface area contributed by atoms with Crippen molar-refractivity contribution in [2.75, 3.05) is 4.72 Å². The molecule has 0 saturated heterocycles. The number of carbonyl (C=O) groups is 1. The van der Waals surface area contributed by atoms with E-state index in [2.05, 4.69) is 4.72 Å². The summed E-state index contributed by atoms with van der Waals surface area (Å²) in [6.45, 7) is 1.29. The van der Waals surface area contributed by atoms with Crippen LogP contribution in [0.2, 0.25) is 5.02 Å². The lowest BCUT2D eigenvalue weighted by Gasteiger charge is -2.09. The highest BCUT2D eigenvalue weighted by molar-refractivity contribution is 7.92. The van der Waals surface area contributed by atoms with Gasteiger partial charge in [0.1, 0.15) is 5.75 Å². The fourth-order valence-electron chi connectivity index (χ4n) is 1.58. The molecule has 0 spiro atoms. The molecule has 2 rings (SSSR count). The molecule has 0 aromatic heterocycles. The Morgan fingerprint density at radius 2 is 1.62 bits per heavy atom. The summed E-state index contributed by atoms with van der Waals surface area (Å²) in [5, 5.41) is 0.458. The Labute approximate surface area is 127 Å². The van der Waals surface area contributed by atoms with Crippen molar-refractivity contribution in [3.8, 4) is 5.75 Å². The van der Waals surface area contributed by atoms with E-state index >= 15 is 0 Å². The van der Waals surface area contributed by atoms with Crippen LogP contribution in [0.5, 0.6) is 5.75 Å². The number of hydrogen-bond acceptors (Lipinski definition) is 4. The average molecular weight is 326 g/mol. The fourth-order valence-corrected chi connectivity index (χ4v) is 2.77. The minimum Gasteiger partial charge on any atom is -0.427 e. The van der Waals surface area contributed by atoms with Crippen LogP contribution >= 0.6 is 11.6 Å². The molecule has 0 aliphatic heterocycles. The zero-order chi connectivity index (χ0) is 15.5. The van der Waals surface area contributed by atoms with E-state index in [0.717, 1.165) is 0 Å². The molecule has 21 heavy (non-hydrogen) atoms. The van der Waals surface area contributed by atoms with Gasteiger partial charge in [-0.1, -0.05) is 11.6 Å². The van der Waals surface area contributed by atoms with E-state index in [1.54, 1.807) is 0 Å². The predicted octanol–water partition coefficient (Wildman–Crippen LogP) is 3.07. The third-order valence-electron chi connectivity index (χ3n) is 2.49. The molecule has 110 valence electrons. The lowest BCUT2D eigenvalue weighted by atomic mass is 10.3. The van der Waals surface area contributed by atoms with Crippen LogP contribution in [-0.2, 0) is 14.8 Å². The van der Waals surface area contributed by atoms with Crippen molar-refractivity contribution in [3.05, 3.63) is 53.6 Å². The van der Waals surface area contributed by atoms with E-state index in [4.69, 9.17) is 16.3 Å². The molecule has 2 aromatic carbocycles. The maximum Gasteiger partial charge on any atom is 0.308 e. The summed E-state index contributed by atoms with van der Waals surface area (Å²) >= 11 is 5.72. The Balaban J connectivity index is 2.16. The van der Waals surface area contributed by atoms with Crippen molar-refractivity contribution in [2.45, 2.75) is 11.8 Å². The number of rotatable bonds is 4. The normalized spacial score (nSPS) is 11.0. The van der Waals surface area contributed by atoms with Gasteiger partial charge >= 0.3 is 5.97 Å². The topological polar surface area (TPSA) is 72.5 Å². The highest BCUT2D eigenvalue weighted by Gasteiger charge is 2.13. The molecule has 0 saturated carbocycles. The summed E-state index contributed by atoms with van der Waals surface area (Å²) in [7, 11) is -3.68. The number of ether oxygens (including phenoxy) is 1. The Hall–Kier alpha value is -2.05. The number of hydrogen-bond donors (Lipinski definition) is 1. The highest BCUT2D eigenvalue weighted by atomic mass is 35.5. The zero-order valence-electron chi connectivity index (χ0n) is 11.0. The molecular weight excluding hydrogens is 314 g/mol. The minimum absolute atomic E-state index is 0.107. The summed E-state index contributed by atoms with van der Waals surface area (Å²) in [5.41, 5.74) is 0.362. The standard InChI is InChI=1S/C14H12ClNO4S/c1-10(17)20-13-6-4-12(5-7-13)16-21(18,19)14-8-2-11(15)3-9-14/h2-9,16H,1H3. The van der Waals surface area contributed by atoms with E-state index in [0.29, 0.717) is 16.5 Å². The number of esters is 1. The Morgan fingerprint density at radius 1 is 1.05 bits per heavy atom. The molecule has 7 heteroatoms. The van der Waals surface area contributed by atoms with Crippen molar-refractivity contribution in [3.63, 3.8) is 0 Å². The molecule has 1 N–H and O–H groups in total. The van der Waals surface area contributed by atoms with Gasteiger partial charge in [0, 0.05) is 17.6 Å². The molecule has 0 bridgehead atoms. The van der Waals surface area contributed by atoms with Crippen LogP contribution in [0, 0.1) is 0 Å². The van der Waals surface area contributed by atoms with Crippen LogP contribution in [0.1, 0.15) is 6.92 Å². The summed E-state index contributed by atoms with van der Waals surface area (Å²) in [5.74, 6) is -0.0959. The number of halogens is 1. The van der Waals surface area contributed by atoms with Crippen molar-refractivity contribution in [2.24, 2.45) is 0 Å². The van der Waals surface area contributed by atoms with Crippen LogP contribution < -0.4 is 9.46 Å². The fraction of sp³-hybridized carbons (Fsp3) is 0.0714. The van der Waals surface area contributed by atoms with E-state index in [-0.39, 0.29) is 4.90 Å². The van der Waals surface area contributed by atoms with Gasteiger partial charge in [0.2, 0.25) is 0 Å². The third kappa shape index (κ3) is 4.21. The molecule has 0 aliphatic carbocycles. The van der Waals surface area contributed by atoms with E-state index in [1.807, 2.05) is 0 Å². The van der Waals surface area contributed by atoms with Gasteiger partial charge in [-0.25, -0.2) is 8.42 Å². The summed E-state index contributed by atoms with van der Waals surface area (Å²) < 4.78 is 31.6. The zero-order valence-corrected chi connectivity index (χ0v) is 12.6. The monoisotopic (exact) mass is 325 g/mol. The molecule has 0 amide bonds. The molecular formula is C14H12ClNO4S. The first-order valence-corrected chi connectivity index (χ1v) is 7.80. The number of carbonyl (C=O) groups excluding carboxylic acids is 1. The minimum atomic E-state index is -3.68. The van der Waals surface area contributed by atoms with Gasteiger partial charge in [-0.2, -0.15) is 0 Å². The lowest BCUT2D eigenvalue weighted by molar-refractivity contribution is -0.131. The second kappa shape index (κ2) is 6.15. The van der Waals surface area contributed by atoms with Crippen LogP contribution in [-0.4, -0.2) is 14.4 Å². The first kappa shape index (κ1) is 15.3. The molecule has 0 fully saturated rings. The number of nitrogens with one attached hydrogen (secondary N) is 1. The molecule has 0 aliphatic rings. The SMILES string of the molecule is CC(=O)Oc1ccc(NS(=O)(=O)c2ccc(Cl)cc2)cc1. The van der Waals surface area contributed by atoms with Gasteiger partial charge < -0.3 is 4.74 Å². The summed E-state index contributed by atoms with van der Waals surface area (Å²) in [6.07, 6.45) is 0. The quantitative estimate of drug-likeness (QED) is 0.692. The van der Waals surface area contributed by atoms with Crippen LogP contribution in [0.4, 0.5) is 5.69 Å². The maximum absolute atomic E-state index is 12.1. The van der Waals surface area contributed by atoms with Crippen LogP contribution in [0.3, 0.4) is 0 Å². The first-order chi connectivity index (χ1) is 9.87. The van der Waals surface area contributed by atoms with E-state index in [9.17, 15) is 13.2 Å². The van der Waals surface area contributed by atoms with Crippen molar-refractivity contribution in [1.29, 1.82) is 0 Å². The molecule has 0 atom stereocenters. The number of sulfonamides is 1. The Kier molecular flexibility index (Phi) is 4.50. The van der Waals surface area contributed by atoms with Crippen molar-refractivity contribution in [1.82, 2.24) is 0 Å². The van der Waals surface area contributed by atoms with Crippen molar-refractivity contribution >= 4 is 33.3 Å². The van der Waals surface area contributed by atoms with Gasteiger partial charge in [-0.3, -0.25) is 9.52 Å². The summed E-state index contributed by atoms with van der Waals surface area (Å²) in [4.78, 5) is 10.9.